The van der Waals surface area contributed by atoms with E-state index in [1.54, 1.807) is 56.9 Å². The Kier molecular flexibility index (Phi) is 18.1. The molecule has 15 heteroatoms. The number of pyridine rings is 2. The predicted molar refractivity (Wildman–Crippen MR) is 234 cm³/mol. The lowest BCUT2D eigenvalue weighted by molar-refractivity contribution is 0.201. The van der Waals surface area contributed by atoms with E-state index in [1.807, 2.05) is 48.8 Å². The molecule has 2 aromatic heterocycles. The molecular weight excluding hydrogens is 807 g/mol. The largest absolute Gasteiger partial charge is 0.497 e. The van der Waals surface area contributed by atoms with Gasteiger partial charge in [-0.25, -0.2) is 0 Å². The summed E-state index contributed by atoms with van der Waals surface area (Å²) in [6.07, 6.45) is 5.57. The van der Waals surface area contributed by atoms with Crippen LogP contribution in [0.1, 0.15) is 24.0 Å². The van der Waals surface area contributed by atoms with Gasteiger partial charge in [0.05, 0.1) is 68.3 Å². The van der Waals surface area contributed by atoms with Gasteiger partial charge >= 0.3 is 0 Å². The van der Waals surface area contributed by atoms with E-state index in [1.165, 1.54) is 5.56 Å². The summed E-state index contributed by atoms with van der Waals surface area (Å²) in [6.45, 7) is 3.23. The van der Waals surface area contributed by atoms with E-state index in [4.69, 9.17) is 42.9 Å². The third-order valence-corrected chi connectivity index (χ3v) is 10.0. The zero-order valence-corrected chi connectivity index (χ0v) is 36.6. The number of likely N-dealkylation sites (tertiary alicyclic amines) is 1. The molecule has 12 nitrogen and oxygen atoms in total. The monoisotopic (exact) mass is 858 g/mol. The summed E-state index contributed by atoms with van der Waals surface area (Å²) in [4.78, 5) is 14.5. The van der Waals surface area contributed by atoms with Gasteiger partial charge in [-0.1, -0.05) is 6.07 Å². The van der Waals surface area contributed by atoms with Crippen molar-refractivity contribution in [2.24, 2.45) is 0 Å². The van der Waals surface area contributed by atoms with E-state index in [-0.39, 0.29) is 43.3 Å². The first-order chi connectivity index (χ1) is 26.9. The van der Waals surface area contributed by atoms with Crippen molar-refractivity contribution in [2.45, 2.75) is 32.0 Å². The fourth-order valence-electron chi connectivity index (χ4n) is 7.22. The predicted octanol–water partition coefficient (Wildman–Crippen LogP) is 8.82. The first kappa shape index (κ1) is 47.4. The minimum Gasteiger partial charge on any atom is -0.497 e. The Labute approximate surface area is 359 Å². The molecule has 58 heavy (non-hydrogen) atoms. The van der Waals surface area contributed by atoms with Crippen molar-refractivity contribution in [3.63, 3.8) is 0 Å². The maximum atomic E-state index is 5.72. The van der Waals surface area contributed by atoms with Crippen molar-refractivity contribution in [3.05, 3.63) is 90.3 Å². The maximum Gasteiger partial charge on any atom is 0.203 e. The summed E-state index contributed by atoms with van der Waals surface area (Å²) in [7, 11) is 13.0. The summed E-state index contributed by atoms with van der Waals surface area (Å²) in [6, 6.07) is 22.3. The zero-order chi connectivity index (χ0) is 38.9. The number of methoxy groups -OCH3 is 8. The topological polar surface area (TPSA) is 106 Å². The van der Waals surface area contributed by atoms with Crippen LogP contribution in [0, 0.1) is 0 Å². The number of benzene rings is 3. The lowest BCUT2D eigenvalue weighted by Gasteiger charge is -2.40. The summed E-state index contributed by atoms with van der Waals surface area (Å²) in [5.41, 5.74) is 6.67. The van der Waals surface area contributed by atoms with Crippen molar-refractivity contribution in [2.75, 3.05) is 74.9 Å². The SMILES string of the molecule is COc1cc(OC)cc(N(Cc2cccnc2-c2cc(OC)c(OC)c(OC)c2)C2CCN(Cc3ccnc(-c4cc(OC)c(OC)c(OC)c4)c3)CC2)c1.Cl.Cl.Cl. The van der Waals surface area contributed by atoms with Gasteiger partial charge in [-0.05, 0) is 66.4 Å². The molecule has 0 bridgehead atoms. The Balaban J connectivity index is 0.00000300. The molecule has 0 atom stereocenters. The number of hydrogen-bond donors (Lipinski definition) is 0. The lowest BCUT2D eigenvalue weighted by atomic mass is 9.98. The molecule has 0 N–H and O–H groups in total. The van der Waals surface area contributed by atoms with E-state index in [9.17, 15) is 0 Å². The van der Waals surface area contributed by atoms with E-state index < -0.39 is 0 Å². The molecule has 0 aliphatic carbocycles. The Morgan fingerprint density at radius 2 is 1.12 bits per heavy atom. The number of hydrogen-bond acceptors (Lipinski definition) is 12. The first-order valence-corrected chi connectivity index (χ1v) is 18.1. The Morgan fingerprint density at radius 1 is 0.586 bits per heavy atom. The van der Waals surface area contributed by atoms with Crippen LogP contribution in [-0.2, 0) is 13.1 Å². The number of ether oxygens (including phenoxy) is 8. The van der Waals surface area contributed by atoms with Gasteiger partial charge in [0.2, 0.25) is 11.5 Å². The Hall–Kier alpha value is -5.01. The molecule has 1 fully saturated rings. The van der Waals surface area contributed by atoms with Crippen molar-refractivity contribution in [3.8, 4) is 68.5 Å². The molecule has 6 rings (SSSR count). The number of anilines is 1. The highest BCUT2D eigenvalue weighted by molar-refractivity contribution is 5.86. The van der Waals surface area contributed by atoms with Crippen molar-refractivity contribution in [1.29, 1.82) is 0 Å². The normalized spacial score (nSPS) is 12.5. The van der Waals surface area contributed by atoms with Crippen LogP contribution in [0.5, 0.6) is 46.0 Å². The van der Waals surface area contributed by atoms with E-state index in [2.05, 4.69) is 45.1 Å². The highest BCUT2D eigenvalue weighted by atomic mass is 35.5. The van der Waals surface area contributed by atoms with Crippen LogP contribution in [0.3, 0.4) is 0 Å². The molecular formula is C43H53Cl3N4O8. The third kappa shape index (κ3) is 10.5. The highest BCUT2D eigenvalue weighted by Gasteiger charge is 2.28. The molecule has 0 unspecified atom stereocenters. The minimum atomic E-state index is 0. The van der Waals surface area contributed by atoms with Gasteiger partial charge in [0.25, 0.3) is 0 Å². The van der Waals surface area contributed by atoms with Gasteiger partial charge in [0.15, 0.2) is 23.0 Å². The smallest absolute Gasteiger partial charge is 0.203 e. The summed E-state index contributed by atoms with van der Waals surface area (Å²) >= 11 is 0. The molecule has 314 valence electrons. The van der Waals surface area contributed by atoms with Gasteiger partial charge in [0.1, 0.15) is 11.5 Å². The van der Waals surface area contributed by atoms with Crippen LogP contribution in [0.4, 0.5) is 5.69 Å². The van der Waals surface area contributed by atoms with Crippen LogP contribution in [0.2, 0.25) is 0 Å². The molecule has 1 aliphatic heterocycles. The second-order valence-corrected chi connectivity index (χ2v) is 13.1. The molecule has 1 aliphatic rings. The molecule has 0 spiro atoms. The van der Waals surface area contributed by atoms with Crippen molar-refractivity contribution >= 4 is 42.9 Å². The summed E-state index contributed by atoms with van der Waals surface area (Å²) in [5, 5.41) is 0. The third-order valence-electron chi connectivity index (χ3n) is 10.0. The Bertz CT molecular complexity index is 2010. The second-order valence-electron chi connectivity index (χ2n) is 13.1. The highest BCUT2D eigenvalue weighted by Crippen LogP contribution is 2.43. The molecule has 0 radical (unpaired) electrons. The molecule has 0 saturated carbocycles. The standard InChI is InChI=1S/C43H50N4O8.3ClH/c1-48-34-23-33(24-35(25-34)49-2)47(27-29-10-9-14-45-41(29)31-21-39(52-5)43(55-8)40(22-31)53-6)32-12-16-46(17-13-32)26-28-11-15-44-36(18-28)30-19-37(50-3)42(54-7)38(20-30)51-4;;;/h9-11,14-15,18-25,32H,12-13,16-17,26-27H2,1-8H3;3*1H. The number of rotatable bonds is 16. The Morgan fingerprint density at radius 3 is 1.62 bits per heavy atom. The lowest BCUT2D eigenvalue weighted by Crippen LogP contribution is -2.44. The minimum absolute atomic E-state index is 0. The van der Waals surface area contributed by atoms with Gasteiger partial charge in [0, 0.05) is 79.6 Å². The fourth-order valence-corrected chi connectivity index (χ4v) is 7.22. The van der Waals surface area contributed by atoms with Gasteiger partial charge < -0.3 is 42.8 Å². The van der Waals surface area contributed by atoms with E-state index in [0.29, 0.717) is 41.0 Å². The van der Waals surface area contributed by atoms with Crippen LogP contribution in [0.15, 0.2) is 79.1 Å². The zero-order valence-electron chi connectivity index (χ0n) is 34.1. The fraction of sp³-hybridized carbons (Fsp3) is 0.349. The molecule has 3 heterocycles. The maximum absolute atomic E-state index is 5.72. The van der Waals surface area contributed by atoms with Crippen LogP contribution in [-0.4, -0.2) is 90.9 Å². The number of piperidine rings is 1. The van der Waals surface area contributed by atoms with E-state index in [0.717, 1.165) is 77.7 Å². The number of halogens is 3. The van der Waals surface area contributed by atoms with Crippen molar-refractivity contribution in [1.82, 2.24) is 14.9 Å². The molecule has 5 aromatic rings. The number of aromatic nitrogens is 2. The van der Waals surface area contributed by atoms with Gasteiger partial charge in [-0.2, -0.15) is 0 Å². The molecule has 1 saturated heterocycles. The second kappa shape index (κ2) is 22.2. The molecule has 0 amide bonds. The van der Waals surface area contributed by atoms with Crippen LogP contribution in [0.25, 0.3) is 22.5 Å². The van der Waals surface area contributed by atoms with Gasteiger partial charge in [-0.15, -0.1) is 37.2 Å². The van der Waals surface area contributed by atoms with Crippen LogP contribution >= 0.6 is 37.2 Å². The quantitative estimate of drug-likeness (QED) is 0.0947. The summed E-state index contributed by atoms with van der Waals surface area (Å²) in [5.74, 6) is 4.86. The average molecular weight is 860 g/mol. The summed E-state index contributed by atoms with van der Waals surface area (Å²) < 4.78 is 45.1. The average Bonchev–Trinajstić information content (AvgIpc) is 3.24. The van der Waals surface area contributed by atoms with Crippen LogP contribution < -0.4 is 42.8 Å². The molecule has 3 aromatic carbocycles. The number of nitrogens with zero attached hydrogens (tertiary/aromatic N) is 4. The first-order valence-electron chi connectivity index (χ1n) is 18.1. The van der Waals surface area contributed by atoms with Gasteiger partial charge in [-0.3, -0.25) is 14.9 Å². The van der Waals surface area contributed by atoms with E-state index >= 15 is 0 Å². The van der Waals surface area contributed by atoms with Crippen molar-refractivity contribution < 1.29 is 37.9 Å².